The zero-order valence-corrected chi connectivity index (χ0v) is 16.0. The highest BCUT2D eigenvalue weighted by atomic mass is 35.5. The maximum absolute atomic E-state index is 12.8. The van der Waals surface area contributed by atoms with Crippen molar-refractivity contribution in [1.82, 2.24) is 4.90 Å². The van der Waals surface area contributed by atoms with Gasteiger partial charge in [-0.15, -0.1) is 0 Å². The minimum atomic E-state index is -0.735. The summed E-state index contributed by atoms with van der Waals surface area (Å²) in [5, 5.41) is 3.36. The van der Waals surface area contributed by atoms with Crippen LogP contribution in [-0.2, 0) is 4.79 Å². The summed E-state index contributed by atoms with van der Waals surface area (Å²) in [6.07, 6.45) is 2.46. The number of nitrogens with one attached hydrogen (secondary N) is 1. The van der Waals surface area contributed by atoms with Crippen molar-refractivity contribution in [2.45, 2.75) is 32.3 Å². The molecule has 0 saturated carbocycles. The van der Waals surface area contributed by atoms with Gasteiger partial charge in [0.25, 0.3) is 11.8 Å². The average molecular weight is 387 g/mol. The summed E-state index contributed by atoms with van der Waals surface area (Å²) in [5.74, 6) is 0.144. The molecule has 1 fully saturated rings. The summed E-state index contributed by atoms with van der Waals surface area (Å²) in [4.78, 5) is 27.2. The first-order chi connectivity index (χ1) is 13.0. The number of amides is 2. The molecule has 0 aromatic heterocycles. The molecule has 1 saturated heterocycles. The SMILES string of the molecule is C[C@@H](Oc1cccc(Cl)c1)C(=O)Nc1ccccc1C(=O)N1CCCCC1. The lowest BCUT2D eigenvalue weighted by Crippen LogP contribution is -2.36. The van der Waals surface area contributed by atoms with Crippen molar-refractivity contribution < 1.29 is 14.3 Å². The quantitative estimate of drug-likeness (QED) is 0.829. The molecule has 2 aromatic carbocycles. The molecule has 27 heavy (non-hydrogen) atoms. The Morgan fingerprint density at radius 3 is 2.56 bits per heavy atom. The zero-order chi connectivity index (χ0) is 19.2. The van der Waals surface area contributed by atoms with Crippen LogP contribution < -0.4 is 10.1 Å². The largest absolute Gasteiger partial charge is 0.481 e. The molecule has 1 N–H and O–H groups in total. The molecule has 1 aliphatic rings. The Balaban J connectivity index is 1.69. The Kier molecular flexibility index (Phi) is 6.35. The van der Waals surface area contributed by atoms with E-state index in [1.807, 2.05) is 4.90 Å². The lowest BCUT2D eigenvalue weighted by molar-refractivity contribution is -0.122. The molecule has 142 valence electrons. The molecule has 2 aromatic rings. The van der Waals surface area contributed by atoms with Gasteiger partial charge in [0.15, 0.2) is 6.10 Å². The van der Waals surface area contributed by atoms with Crippen LogP contribution in [0.2, 0.25) is 5.02 Å². The van der Waals surface area contributed by atoms with Gasteiger partial charge in [-0.3, -0.25) is 9.59 Å². The van der Waals surface area contributed by atoms with E-state index in [4.69, 9.17) is 16.3 Å². The third-order valence-electron chi connectivity index (χ3n) is 4.54. The smallest absolute Gasteiger partial charge is 0.265 e. The van der Waals surface area contributed by atoms with Crippen molar-refractivity contribution >= 4 is 29.1 Å². The lowest BCUT2D eigenvalue weighted by atomic mass is 10.1. The third-order valence-corrected chi connectivity index (χ3v) is 4.77. The van der Waals surface area contributed by atoms with Crippen LogP contribution in [0, 0.1) is 0 Å². The van der Waals surface area contributed by atoms with Crippen LogP contribution in [0.1, 0.15) is 36.5 Å². The Morgan fingerprint density at radius 2 is 1.81 bits per heavy atom. The molecular formula is C21H23ClN2O3. The molecule has 2 amide bonds. The van der Waals surface area contributed by atoms with E-state index in [0.717, 1.165) is 32.4 Å². The fraction of sp³-hybridized carbons (Fsp3) is 0.333. The standard InChI is InChI=1S/C21H23ClN2O3/c1-15(27-17-9-7-8-16(22)14-17)20(25)23-19-11-4-3-10-18(19)21(26)24-12-5-2-6-13-24/h3-4,7-11,14-15H,2,5-6,12-13H2,1H3,(H,23,25)/t15-/m1/s1. The molecule has 1 aliphatic heterocycles. The highest BCUT2D eigenvalue weighted by Gasteiger charge is 2.22. The predicted molar refractivity (Wildman–Crippen MR) is 106 cm³/mol. The molecule has 0 radical (unpaired) electrons. The first-order valence-corrected chi connectivity index (χ1v) is 9.54. The van der Waals surface area contributed by atoms with Gasteiger partial charge in [-0.25, -0.2) is 0 Å². The molecule has 0 bridgehead atoms. The summed E-state index contributed by atoms with van der Waals surface area (Å²) in [6, 6.07) is 14.0. The van der Waals surface area contributed by atoms with Crippen molar-refractivity contribution in [3.63, 3.8) is 0 Å². The Morgan fingerprint density at radius 1 is 1.07 bits per heavy atom. The summed E-state index contributed by atoms with van der Waals surface area (Å²) in [5.41, 5.74) is 1.00. The van der Waals surface area contributed by atoms with Crippen molar-refractivity contribution in [2.75, 3.05) is 18.4 Å². The highest BCUT2D eigenvalue weighted by molar-refractivity contribution is 6.30. The first kappa shape index (κ1) is 19.2. The number of para-hydroxylation sites is 1. The molecule has 1 heterocycles. The van der Waals surface area contributed by atoms with Gasteiger partial charge in [-0.05, 0) is 56.5 Å². The van der Waals surface area contributed by atoms with Gasteiger partial charge in [-0.2, -0.15) is 0 Å². The summed E-state index contributed by atoms with van der Waals surface area (Å²) in [6.45, 7) is 3.18. The first-order valence-electron chi connectivity index (χ1n) is 9.16. The number of ether oxygens (including phenoxy) is 1. The van der Waals surface area contributed by atoms with Gasteiger partial charge in [-0.1, -0.05) is 29.8 Å². The Labute approximate surface area is 164 Å². The number of piperidine rings is 1. The maximum Gasteiger partial charge on any atom is 0.265 e. The fourth-order valence-corrected chi connectivity index (χ4v) is 3.26. The van der Waals surface area contributed by atoms with E-state index in [1.165, 1.54) is 0 Å². The van der Waals surface area contributed by atoms with Crippen molar-refractivity contribution in [2.24, 2.45) is 0 Å². The monoisotopic (exact) mass is 386 g/mol. The number of hydrogen-bond acceptors (Lipinski definition) is 3. The van der Waals surface area contributed by atoms with E-state index in [9.17, 15) is 9.59 Å². The van der Waals surface area contributed by atoms with E-state index in [1.54, 1.807) is 55.5 Å². The van der Waals surface area contributed by atoms with Gasteiger partial charge in [0, 0.05) is 18.1 Å². The Hall–Kier alpha value is -2.53. The molecule has 5 nitrogen and oxygen atoms in total. The van der Waals surface area contributed by atoms with Crippen LogP contribution in [-0.4, -0.2) is 35.9 Å². The summed E-state index contributed by atoms with van der Waals surface area (Å²) < 4.78 is 5.65. The van der Waals surface area contributed by atoms with Gasteiger partial charge in [0.1, 0.15) is 5.75 Å². The van der Waals surface area contributed by atoms with Gasteiger partial charge < -0.3 is 15.0 Å². The van der Waals surface area contributed by atoms with Crippen molar-refractivity contribution in [3.05, 3.63) is 59.1 Å². The van der Waals surface area contributed by atoms with E-state index in [0.29, 0.717) is 22.0 Å². The minimum absolute atomic E-state index is 0.0472. The number of carbonyl (C=O) groups excluding carboxylic acids is 2. The molecule has 6 heteroatoms. The third kappa shape index (κ3) is 5.01. The number of hydrogen-bond donors (Lipinski definition) is 1. The number of rotatable bonds is 5. The van der Waals surface area contributed by atoms with Gasteiger partial charge in [0.05, 0.1) is 11.3 Å². The van der Waals surface area contributed by atoms with Crippen LogP contribution >= 0.6 is 11.6 Å². The summed E-state index contributed by atoms with van der Waals surface area (Å²) >= 11 is 5.94. The molecule has 0 aliphatic carbocycles. The number of halogens is 1. The topological polar surface area (TPSA) is 58.6 Å². The van der Waals surface area contributed by atoms with Crippen LogP contribution in [0.5, 0.6) is 5.75 Å². The fourth-order valence-electron chi connectivity index (χ4n) is 3.08. The Bertz CT molecular complexity index is 819. The molecule has 0 spiro atoms. The van der Waals surface area contributed by atoms with Crippen molar-refractivity contribution in [3.8, 4) is 5.75 Å². The van der Waals surface area contributed by atoms with Crippen LogP contribution in [0.15, 0.2) is 48.5 Å². The van der Waals surface area contributed by atoms with Crippen molar-refractivity contribution in [1.29, 1.82) is 0 Å². The second-order valence-electron chi connectivity index (χ2n) is 6.61. The molecule has 3 rings (SSSR count). The van der Waals surface area contributed by atoms with E-state index >= 15 is 0 Å². The van der Waals surface area contributed by atoms with Crippen LogP contribution in [0.25, 0.3) is 0 Å². The molecule has 0 unspecified atom stereocenters. The van der Waals surface area contributed by atoms with E-state index in [-0.39, 0.29) is 11.8 Å². The van der Waals surface area contributed by atoms with E-state index < -0.39 is 6.10 Å². The number of carbonyl (C=O) groups is 2. The number of benzene rings is 2. The lowest BCUT2D eigenvalue weighted by Gasteiger charge is -2.27. The number of anilines is 1. The highest BCUT2D eigenvalue weighted by Crippen LogP contribution is 2.22. The molecule has 1 atom stereocenters. The maximum atomic E-state index is 12.8. The van der Waals surface area contributed by atoms with Gasteiger partial charge >= 0.3 is 0 Å². The van der Waals surface area contributed by atoms with E-state index in [2.05, 4.69) is 5.32 Å². The zero-order valence-electron chi connectivity index (χ0n) is 15.3. The number of nitrogens with zero attached hydrogens (tertiary/aromatic N) is 1. The second-order valence-corrected chi connectivity index (χ2v) is 7.04. The number of likely N-dealkylation sites (tertiary alicyclic amines) is 1. The molecular weight excluding hydrogens is 364 g/mol. The minimum Gasteiger partial charge on any atom is -0.481 e. The normalized spacial score (nSPS) is 15.1. The second kappa shape index (κ2) is 8.91. The van der Waals surface area contributed by atoms with Crippen LogP contribution in [0.4, 0.5) is 5.69 Å². The van der Waals surface area contributed by atoms with Gasteiger partial charge in [0.2, 0.25) is 0 Å². The average Bonchev–Trinajstić information content (AvgIpc) is 2.68. The van der Waals surface area contributed by atoms with Crippen LogP contribution in [0.3, 0.4) is 0 Å². The predicted octanol–water partition coefficient (Wildman–Crippen LogP) is 4.37. The summed E-state index contributed by atoms with van der Waals surface area (Å²) in [7, 11) is 0.